The van der Waals surface area contributed by atoms with Crippen LogP contribution in [0.25, 0.3) is 0 Å². The average molecular weight is 224 g/mol. The zero-order chi connectivity index (χ0) is 12.1. The van der Waals surface area contributed by atoms with Crippen LogP contribution in [-0.4, -0.2) is 24.4 Å². The molecule has 0 aliphatic heterocycles. The molecule has 0 bridgehead atoms. The molecule has 0 spiro atoms. The van der Waals surface area contributed by atoms with E-state index >= 15 is 0 Å². The number of hydrogen-bond acceptors (Lipinski definition) is 5. The molecular formula is C10H12N2O4. The first kappa shape index (κ1) is 12.1. The Balaban J connectivity index is 3.08. The number of nitrogens with two attached hydrogens (primary N) is 1. The number of Topliss-reactive ketones (excluding diaryl/α,β-unsaturated/α-hetero) is 1. The van der Waals surface area contributed by atoms with Gasteiger partial charge >= 0.3 is 5.69 Å². The van der Waals surface area contributed by atoms with Gasteiger partial charge in [0.25, 0.3) is 0 Å². The number of benzene rings is 1. The van der Waals surface area contributed by atoms with Crippen LogP contribution in [0.2, 0.25) is 0 Å². The normalized spacial score (nSPS) is 9.88. The van der Waals surface area contributed by atoms with E-state index in [0.717, 1.165) is 0 Å². The number of carbonyl (C=O) groups excluding carboxylic acids is 1. The van der Waals surface area contributed by atoms with Gasteiger partial charge < -0.3 is 10.5 Å². The maximum absolute atomic E-state index is 11.5. The molecule has 0 fully saturated rings. The number of methoxy groups -OCH3 is 1. The van der Waals surface area contributed by atoms with Crippen molar-refractivity contribution in [1.29, 1.82) is 0 Å². The SMILES string of the molecule is COc1cc(C(=O)CCN)ccc1[N+](=O)[O-]. The van der Waals surface area contributed by atoms with Crippen LogP contribution in [0.4, 0.5) is 5.69 Å². The minimum Gasteiger partial charge on any atom is -0.490 e. The van der Waals surface area contributed by atoms with Gasteiger partial charge in [-0.15, -0.1) is 0 Å². The average Bonchev–Trinajstić information content (AvgIpc) is 2.28. The van der Waals surface area contributed by atoms with Gasteiger partial charge in [0, 0.05) is 18.1 Å². The van der Waals surface area contributed by atoms with E-state index < -0.39 is 4.92 Å². The highest BCUT2D eigenvalue weighted by Gasteiger charge is 2.16. The van der Waals surface area contributed by atoms with Crippen molar-refractivity contribution >= 4 is 11.5 Å². The number of ether oxygens (including phenoxy) is 1. The largest absolute Gasteiger partial charge is 0.490 e. The van der Waals surface area contributed by atoms with E-state index in [-0.39, 0.29) is 30.2 Å². The van der Waals surface area contributed by atoms with Gasteiger partial charge in [0.1, 0.15) is 0 Å². The van der Waals surface area contributed by atoms with Crippen LogP contribution < -0.4 is 10.5 Å². The van der Waals surface area contributed by atoms with Crippen molar-refractivity contribution in [2.24, 2.45) is 5.73 Å². The van der Waals surface area contributed by atoms with E-state index in [9.17, 15) is 14.9 Å². The van der Waals surface area contributed by atoms with Crippen LogP contribution in [0.5, 0.6) is 5.75 Å². The lowest BCUT2D eigenvalue weighted by atomic mass is 10.1. The number of nitrogens with zero attached hydrogens (tertiary/aromatic N) is 1. The Morgan fingerprint density at radius 3 is 2.75 bits per heavy atom. The van der Waals surface area contributed by atoms with E-state index in [1.54, 1.807) is 0 Å². The van der Waals surface area contributed by atoms with Crippen LogP contribution in [0.15, 0.2) is 18.2 Å². The first-order valence-electron chi connectivity index (χ1n) is 4.66. The Morgan fingerprint density at radius 1 is 1.56 bits per heavy atom. The molecule has 0 aliphatic rings. The van der Waals surface area contributed by atoms with Gasteiger partial charge in [0.2, 0.25) is 0 Å². The van der Waals surface area contributed by atoms with Gasteiger partial charge in [-0.05, 0) is 18.7 Å². The summed E-state index contributed by atoms with van der Waals surface area (Å²) in [4.78, 5) is 21.5. The number of ketones is 1. The number of rotatable bonds is 5. The molecule has 1 aromatic rings. The fraction of sp³-hybridized carbons (Fsp3) is 0.300. The quantitative estimate of drug-likeness (QED) is 0.459. The Morgan fingerprint density at radius 2 is 2.25 bits per heavy atom. The second-order valence-electron chi connectivity index (χ2n) is 3.11. The number of carbonyl (C=O) groups is 1. The highest BCUT2D eigenvalue weighted by Crippen LogP contribution is 2.27. The summed E-state index contributed by atoms with van der Waals surface area (Å²) >= 11 is 0. The zero-order valence-corrected chi connectivity index (χ0v) is 8.80. The summed E-state index contributed by atoms with van der Waals surface area (Å²) in [6.45, 7) is 0.248. The fourth-order valence-corrected chi connectivity index (χ4v) is 1.28. The van der Waals surface area contributed by atoms with Crippen molar-refractivity contribution in [3.8, 4) is 5.75 Å². The van der Waals surface area contributed by atoms with Crippen molar-refractivity contribution in [2.75, 3.05) is 13.7 Å². The second-order valence-corrected chi connectivity index (χ2v) is 3.11. The summed E-state index contributed by atoms with van der Waals surface area (Å²) in [5, 5.41) is 10.6. The van der Waals surface area contributed by atoms with Crippen LogP contribution >= 0.6 is 0 Å². The molecule has 0 saturated carbocycles. The molecule has 0 saturated heterocycles. The molecule has 6 heteroatoms. The third-order valence-electron chi connectivity index (χ3n) is 2.07. The molecule has 0 unspecified atom stereocenters. The first-order valence-corrected chi connectivity index (χ1v) is 4.66. The molecule has 2 N–H and O–H groups in total. The third kappa shape index (κ3) is 2.54. The summed E-state index contributed by atoms with van der Waals surface area (Å²) in [6, 6.07) is 4.01. The van der Waals surface area contributed by atoms with Crippen molar-refractivity contribution in [2.45, 2.75) is 6.42 Å². The molecule has 0 heterocycles. The van der Waals surface area contributed by atoms with Gasteiger partial charge in [0.05, 0.1) is 12.0 Å². The first-order chi connectivity index (χ1) is 7.60. The van der Waals surface area contributed by atoms with E-state index in [1.165, 1.54) is 25.3 Å². The zero-order valence-electron chi connectivity index (χ0n) is 8.80. The lowest BCUT2D eigenvalue weighted by molar-refractivity contribution is -0.385. The number of nitro benzene ring substituents is 1. The van der Waals surface area contributed by atoms with Gasteiger partial charge in [-0.2, -0.15) is 0 Å². The summed E-state index contributed by atoms with van der Waals surface area (Å²) < 4.78 is 4.85. The van der Waals surface area contributed by atoms with E-state index in [1.807, 2.05) is 0 Å². The third-order valence-corrected chi connectivity index (χ3v) is 2.07. The smallest absolute Gasteiger partial charge is 0.310 e. The van der Waals surface area contributed by atoms with Crippen molar-refractivity contribution in [3.05, 3.63) is 33.9 Å². The van der Waals surface area contributed by atoms with Gasteiger partial charge in [0.15, 0.2) is 11.5 Å². The van der Waals surface area contributed by atoms with E-state index in [4.69, 9.17) is 10.5 Å². The molecule has 6 nitrogen and oxygen atoms in total. The predicted molar refractivity (Wildman–Crippen MR) is 57.7 cm³/mol. The van der Waals surface area contributed by atoms with Crippen LogP contribution in [0.1, 0.15) is 16.8 Å². The van der Waals surface area contributed by atoms with Gasteiger partial charge in [-0.3, -0.25) is 14.9 Å². The molecule has 0 aromatic heterocycles. The second kappa shape index (κ2) is 5.22. The Labute approximate surface area is 92.2 Å². The molecule has 1 aromatic carbocycles. The maximum atomic E-state index is 11.5. The Bertz CT molecular complexity index is 417. The van der Waals surface area contributed by atoms with Crippen molar-refractivity contribution in [3.63, 3.8) is 0 Å². The minimum atomic E-state index is -0.560. The van der Waals surface area contributed by atoms with Crippen molar-refractivity contribution in [1.82, 2.24) is 0 Å². The summed E-state index contributed by atoms with van der Waals surface area (Å²) in [5.74, 6) is -0.0800. The lowest BCUT2D eigenvalue weighted by Gasteiger charge is -2.04. The fourth-order valence-electron chi connectivity index (χ4n) is 1.28. The van der Waals surface area contributed by atoms with Crippen molar-refractivity contribution < 1.29 is 14.5 Å². The molecule has 16 heavy (non-hydrogen) atoms. The summed E-state index contributed by atoms with van der Waals surface area (Å²) in [5.41, 5.74) is 5.46. The van der Waals surface area contributed by atoms with Crippen LogP contribution in [0.3, 0.4) is 0 Å². The topological polar surface area (TPSA) is 95.5 Å². The minimum absolute atomic E-state index is 0.0767. The Kier molecular flexibility index (Phi) is 3.96. The highest BCUT2D eigenvalue weighted by atomic mass is 16.6. The molecular weight excluding hydrogens is 212 g/mol. The van der Waals surface area contributed by atoms with E-state index in [2.05, 4.69) is 0 Å². The van der Waals surface area contributed by atoms with Crippen LogP contribution in [0, 0.1) is 10.1 Å². The molecule has 0 atom stereocenters. The molecule has 86 valence electrons. The summed E-state index contributed by atoms with van der Waals surface area (Å²) in [6.07, 6.45) is 0.209. The lowest BCUT2D eigenvalue weighted by Crippen LogP contribution is -2.08. The van der Waals surface area contributed by atoms with Crippen LogP contribution in [-0.2, 0) is 0 Å². The predicted octanol–water partition coefficient (Wildman–Crippen LogP) is 1.13. The number of hydrogen-bond donors (Lipinski definition) is 1. The monoisotopic (exact) mass is 224 g/mol. The molecule has 1 rings (SSSR count). The molecule has 0 aliphatic carbocycles. The number of nitro groups is 1. The van der Waals surface area contributed by atoms with E-state index in [0.29, 0.717) is 5.56 Å². The molecule has 0 amide bonds. The van der Waals surface area contributed by atoms with Gasteiger partial charge in [-0.1, -0.05) is 0 Å². The standard InChI is InChI=1S/C10H12N2O4/c1-16-10-6-7(9(13)4-5-11)2-3-8(10)12(14)15/h2-3,6H,4-5,11H2,1H3. The molecule has 0 radical (unpaired) electrons. The summed E-state index contributed by atoms with van der Waals surface area (Å²) in [7, 11) is 1.32. The highest BCUT2D eigenvalue weighted by molar-refractivity contribution is 5.96. The van der Waals surface area contributed by atoms with Gasteiger partial charge in [-0.25, -0.2) is 0 Å². The maximum Gasteiger partial charge on any atom is 0.310 e. The Hall–Kier alpha value is -1.95.